The van der Waals surface area contributed by atoms with E-state index in [1.54, 1.807) is 32.0 Å². The van der Waals surface area contributed by atoms with Crippen molar-refractivity contribution < 1.29 is 26.4 Å². The monoisotopic (exact) mass is 438 g/mol. The molecule has 0 unspecified atom stereocenters. The molecule has 0 atom stereocenters. The third kappa shape index (κ3) is 3.95. The topological polar surface area (TPSA) is 110 Å². The Morgan fingerprint density at radius 2 is 1.69 bits per heavy atom. The average molecular weight is 439 g/mol. The first kappa shape index (κ1) is 21.1. The van der Waals surface area contributed by atoms with Crippen LogP contribution in [0.25, 0.3) is 0 Å². The molecule has 0 bridgehead atoms. The van der Waals surface area contributed by atoms with Crippen LogP contribution in [-0.4, -0.2) is 35.6 Å². The zero-order valence-electron chi connectivity index (χ0n) is 16.5. The number of nitrogens with one attached hydrogen (secondary N) is 1. The van der Waals surface area contributed by atoms with Crippen LogP contribution >= 0.6 is 0 Å². The summed E-state index contributed by atoms with van der Waals surface area (Å²) in [6.07, 6.45) is -0.0881. The molecule has 3 rings (SSSR count). The van der Waals surface area contributed by atoms with Gasteiger partial charge in [-0.05, 0) is 61.7 Å². The zero-order chi connectivity index (χ0) is 21.6. The number of methoxy groups -OCH3 is 1. The molecule has 1 saturated heterocycles. The number of carbonyl (C=O) groups is 1. The number of anilines is 2. The Kier molecular flexibility index (Phi) is 5.35. The number of benzene rings is 2. The summed E-state index contributed by atoms with van der Waals surface area (Å²) >= 11 is 0. The predicted octanol–water partition coefficient (Wildman–Crippen LogP) is 2.49. The second-order valence-electron chi connectivity index (χ2n) is 6.94. The van der Waals surface area contributed by atoms with Crippen molar-refractivity contribution in [2.24, 2.45) is 0 Å². The Hall–Kier alpha value is -2.59. The van der Waals surface area contributed by atoms with Gasteiger partial charge in [0.05, 0.1) is 29.1 Å². The summed E-state index contributed by atoms with van der Waals surface area (Å²) in [6, 6.07) is 7.92. The number of carbonyl (C=O) groups excluding carboxylic acids is 1. The quantitative estimate of drug-likeness (QED) is 0.768. The minimum atomic E-state index is -3.99. The van der Waals surface area contributed by atoms with Crippen molar-refractivity contribution in [3.8, 4) is 5.75 Å². The Morgan fingerprint density at radius 1 is 1.07 bits per heavy atom. The van der Waals surface area contributed by atoms with E-state index in [0.717, 1.165) is 9.87 Å². The maximum Gasteiger partial charge on any atom is 0.262 e. The van der Waals surface area contributed by atoms with Crippen molar-refractivity contribution >= 4 is 37.3 Å². The average Bonchev–Trinajstić information content (AvgIpc) is 2.86. The summed E-state index contributed by atoms with van der Waals surface area (Å²) < 4.78 is 59.0. The molecule has 1 aliphatic rings. The molecule has 1 heterocycles. The molecule has 29 heavy (non-hydrogen) atoms. The lowest BCUT2D eigenvalue weighted by Gasteiger charge is -2.20. The van der Waals surface area contributed by atoms with Gasteiger partial charge in [0.2, 0.25) is 15.9 Å². The summed E-state index contributed by atoms with van der Waals surface area (Å²) in [4.78, 5) is 12.1. The molecule has 1 N–H and O–H groups in total. The van der Waals surface area contributed by atoms with Gasteiger partial charge in [0.15, 0.2) is 0 Å². The SMILES string of the molecule is COc1ccc(C)cc1NS(=O)(=O)c1c(C)cc(N2C(=O)CCS2(=O)=O)cc1C. The highest BCUT2D eigenvalue weighted by Gasteiger charge is 2.37. The molecule has 0 radical (unpaired) electrons. The molecule has 1 aliphatic heterocycles. The molecular formula is C19H22N2O6S2. The van der Waals surface area contributed by atoms with Crippen molar-refractivity contribution in [1.29, 1.82) is 0 Å². The molecule has 156 valence electrons. The van der Waals surface area contributed by atoms with Gasteiger partial charge in [-0.2, -0.15) is 0 Å². The van der Waals surface area contributed by atoms with E-state index in [1.807, 2.05) is 6.92 Å². The molecule has 0 aromatic heterocycles. The summed E-state index contributed by atoms with van der Waals surface area (Å²) in [5, 5.41) is 0. The van der Waals surface area contributed by atoms with E-state index < -0.39 is 26.0 Å². The standard InChI is InChI=1S/C19H22N2O6S2/c1-12-5-6-17(27-4)16(9-12)20-29(25,26)19-13(2)10-15(11-14(19)3)21-18(22)7-8-28(21,23)24/h5-6,9-11,20H,7-8H2,1-4H3. The van der Waals surface area contributed by atoms with E-state index in [2.05, 4.69) is 4.72 Å². The molecule has 10 heteroatoms. The highest BCUT2D eigenvalue weighted by atomic mass is 32.2. The van der Waals surface area contributed by atoms with Gasteiger partial charge in [-0.3, -0.25) is 9.52 Å². The lowest BCUT2D eigenvalue weighted by molar-refractivity contribution is -0.116. The number of hydrogen-bond acceptors (Lipinski definition) is 6. The smallest absolute Gasteiger partial charge is 0.262 e. The van der Waals surface area contributed by atoms with Gasteiger partial charge >= 0.3 is 0 Å². The largest absolute Gasteiger partial charge is 0.495 e. The lowest BCUT2D eigenvalue weighted by atomic mass is 10.1. The normalized spacial score (nSPS) is 16.1. The molecule has 2 aromatic rings. The zero-order valence-corrected chi connectivity index (χ0v) is 18.1. The summed E-state index contributed by atoms with van der Waals surface area (Å²) in [6.45, 7) is 4.95. The van der Waals surface area contributed by atoms with E-state index in [9.17, 15) is 21.6 Å². The number of rotatable bonds is 5. The van der Waals surface area contributed by atoms with Crippen LogP contribution in [-0.2, 0) is 24.8 Å². The molecule has 0 spiro atoms. The number of sulfonamides is 2. The number of nitrogens with zero attached hydrogens (tertiary/aromatic N) is 1. The summed E-state index contributed by atoms with van der Waals surface area (Å²) in [5.41, 5.74) is 1.95. The van der Waals surface area contributed by atoms with Gasteiger partial charge in [-0.15, -0.1) is 0 Å². The van der Waals surface area contributed by atoms with E-state index in [-0.39, 0.29) is 22.8 Å². The molecule has 1 fully saturated rings. The maximum absolute atomic E-state index is 13.1. The Bertz CT molecular complexity index is 1180. The van der Waals surface area contributed by atoms with Crippen LogP contribution in [0.4, 0.5) is 11.4 Å². The Labute approximate surface area is 170 Å². The molecule has 1 amide bonds. The number of hydrogen-bond donors (Lipinski definition) is 1. The third-order valence-electron chi connectivity index (χ3n) is 4.63. The number of aryl methyl sites for hydroxylation is 3. The first-order chi connectivity index (χ1) is 13.5. The fraction of sp³-hybridized carbons (Fsp3) is 0.316. The van der Waals surface area contributed by atoms with Crippen molar-refractivity contribution in [1.82, 2.24) is 0 Å². The molecule has 0 saturated carbocycles. The highest BCUT2D eigenvalue weighted by Crippen LogP contribution is 2.33. The minimum Gasteiger partial charge on any atom is -0.495 e. The molecule has 2 aromatic carbocycles. The van der Waals surface area contributed by atoms with Crippen LogP contribution in [0, 0.1) is 20.8 Å². The maximum atomic E-state index is 13.1. The van der Waals surface area contributed by atoms with E-state index in [1.165, 1.54) is 19.2 Å². The molecular weight excluding hydrogens is 416 g/mol. The second kappa shape index (κ2) is 7.34. The van der Waals surface area contributed by atoms with E-state index in [4.69, 9.17) is 4.74 Å². The van der Waals surface area contributed by atoms with Crippen LogP contribution < -0.4 is 13.8 Å². The van der Waals surface area contributed by atoms with Crippen LogP contribution in [0.15, 0.2) is 35.2 Å². The van der Waals surface area contributed by atoms with E-state index >= 15 is 0 Å². The minimum absolute atomic E-state index is 0.0221. The van der Waals surface area contributed by atoms with Crippen molar-refractivity contribution in [2.45, 2.75) is 32.1 Å². The van der Waals surface area contributed by atoms with Crippen molar-refractivity contribution in [3.63, 3.8) is 0 Å². The highest BCUT2D eigenvalue weighted by molar-refractivity contribution is 7.94. The Balaban J connectivity index is 2.06. The van der Waals surface area contributed by atoms with Crippen molar-refractivity contribution in [2.75, 3.05) is 21.9 Å². The van der Waals surface area contributed by atoms with Gasteiger partial charge in [-0.1, -0.05) is 6.07 Å². The number of ether oxygens (including phenoxy) is 1. The fourth-order valence-corrected chi connectivity index (χ4v) is 6.39. The van der Waals surface area contributed by atoms with Crippen LogP contribution in [0.3, 0.4) is 0 Å². The molecule has 0 aliphatic carbocycles. The molecule has 8 nitrogen and oxygen atoms in total. The van der Waals surface area contributed by atoms with Gasteiger partial charge < -0.3 is 4.74 Å². The van der Waals surface area contributed by atoms with Crippen molar-refractivity contribution in [3.05, 3.63) is 47.0 Å². The first-order valence-corrected chi connectivity index (χ1v) is 11.9. The predicted molar refractivity (Wildman–Crippen MR) is 110 cm³/mol. The van der Waals surface area contributed by atoms with Gasteiger partial charge in [-0.25, -0.2) is 21.1 Å². The fourth-order valence-electron chi connectivity index (χ4n) is 3.43. The summed E-state index contributed by atoms with van der Waals surface area (Å²) in [7, 11) is -6.28. The summed E-state index contributed by atoms with van der Waals surface area (Å²) in [5.74, 6) is -0.402. The van der Waals surface area contributed by atoms with Crippen LogP contribution in [0.1, 0.15) is 23.1 Å². The lowest BCUT2D eigenvalue weighted by Crippen LogP contribution is -2.29. The van der Waals surface area contributed by atoms with Crippen LogP contribution in [0.2, 0.25) is 0 Å². The third-order valence-corrected chi connectivity index (χ3v) is 7.99. The van der Waals surface area contributed by atoms with E-state index in [0.29, 0.717) is 22.6 Å². The van der Waals surface area contributed by atoms with Gasteiger partial charge in [0, 0.05) is 6.42 Å². The number of amides is 1. The van der Waals surface area contributed by atoms with Gasteiger partial charge in [0.25, 0.3) is 10.0 Å². The second-order valence-corrected chi connectivity index (χ2v) is 10.5. The van der Waals surface area contributed by atoms with Crippen LogP contribution in [0.5, 0.6) is 5.75 Å². The van der Waals surface area contributed by atoms with Gasteiger partial charge in [0.1, 0.15) is 5.75 Å². The Morgan fingerprint density at radius 3 is 2.21 bits per heavy atom. The first-order valence-electron chi connectivity index (χ1n) is 8.81.